The number of hydrogen-bond acceptors (Lipinski definition) is 10. The molecular weight excluding hydrogens is 700 g/mol. The Balaban J connectivity index is 2.41. The van der Waals surface area contributed by atoms with Crippen LogP contribution in [0.25, 0.3) is 0 Å². The third-order valence-corrected chi connectivity index (χ3v) is 10.1. The van der Waals surface area contributed by atoms with Crippen LogP contribution in [0, 0.1) is 0 Å². The second-order valence-corrected chi connectivity index (χ2v) is 15.2. The highest BCUT2D eigenvalue weighted by Gasteiger charge is 2.44. The molecule has 0 spiro atoms. The number of carbonyl (C=O) groups is 2. The van der Waals surface area contributed by atoms with Crippen molar-refractivity contribution in [3.63, 3.8) is 0 Å². The van der Waals surface area contributed by atoms with Gasteiger partial charge in [-0.15, -0.1) is 0 Å². The van der Waals surface area contributed by atoms with E-state index in [1.807, 2.05) is 12.2 Å². The molecule has 0 aromatic heterocycles. The first-order valence-electron chi connectivity index (χ1n) is 22.1. The largest absolute Gasteiger partial charge is 0.458 e. The van der Waals surface area contributed by atoms with Gasteiger partial charge in [0.15, 0.2) is 12.4 Å². The maximum atomic E-state index is 12.7. The van der Waals surface area contributed by atoms with Crippen molar-refractivity contribution in [1.29, 1.82) is 0 Å². The van der Waals surface area contributed by atoms with Crippen LogP contribution >= 0.6 is 0 Å². The third-order valence-electron chi connectivity index (χ3n) is 10.1. The van der Waals surface area contributed by atoms with Crippen molar-refractivity contribution in [2.75, 3.05) is 19.8 Å². The molecule has 4 N–H and O–H groups in total. The minimum absolute atomic E-state index is 0.181. The van der Waals surface area contributed by atoms with Gasteiger partial charge in [-0.2, -0.15) is 0 Å². The summed E-state index contributed by atoms with van der Waals surface area (Å²) >= 11 is 0. The number of aliphatic hydroxyl groups excluding tert-OH is 4. The number of hydrogen-bond donors (Lipinski definition) is 4. The lowest BCUT2D eigenvalue weighted by atomic mass is 9.99. The van der Waals surface area contributed by atoms with E-state index in [2.05, 4.69) is 26.0 Å². The zero-order chi connectivity index (χ0) is 40.2. The van der Waals surface area contributed by atoms with Crippen LogP contribution in [0.2, 0.25) is 0 Å². The number of allylic oxidation sites excluding steroid dienone is 5. The van der Waals surface area contributed by atoms with E-state index in [1.54, 1.807) is 6.08 Å². The van der Waals surface area contributed by atoms with Gasteiger partial charge in [0.25, 0.3) is 0 Å². The summed E-state index contributed by atoms with van der Waals surface area (Å²) in [5, 5.41) is 40.0. The van der Waals surface area contributed by atoms with E-state index in [1.165, 1.54) is 128 Å². The molecule has 0 aromatic carbocycles. The Kier molecular flexibility index (Phi) is 33.6. The Morgan fingerprint density at radius 1 is 0.600 bits per heavy atom. The van der Waals surface area contributed by atoms with Gasteiger partial charge >= 0.3 is 11.9 Å². The van der Waals surface area contributed by atoms with Gasteiger partial charge in [0.2, 0.25) is 0 Å². The lowest BCUT2D eigenvalue weighted by molar-refractivity contribution is -0.305. The van der Waals surface area contributed by atoms with E-state index in [0.29, 0.717) is 6.42 Å². The number of rotatable bonds is 36. The molecule has 10 heteroatoms. The average Bonchev–Trinajstić information content (AvgIpc) is 3.18. The maximum absolute atomic E-state index is 12.7. The van der Waals surface area contributed by atoms with Gasteiger partial charge in [0.1, 0.15) is 31.0 Å². The molecule has 0 radical (unpaired) electrons. The zero-order valence-electron chi connectivity index (χ0n) is 34.7. The summed E-state index contributed by atoms with van der Waals surface area (Å²) in [6.45, 7) is 3.28. The van der Waals surface area contributed by atoms with Crippen LogP contribution in [0.1, 0.15) is 181 Å². The summed E-state index contributed by atoms with van der Waals surface area (Å²) in [6.07, 6.45) is 33.6. The highest BCUT2D eigenvalue weighted by molar-refractivity contribution is 5.82. The lowest BCUT2D eigenvalue weighted by Crippen LogP contribution is -2.59. The Morgan fingerprint density at radius 2 is 1.09 bits per heavy atom. The quantitative estimate of drug-likeness (QED) is 0.0159. The average molecular weight is 781 g/mol. The molecular formula is C45H80O10. The van der Waals surface area contributed by atoms with Crippen LogP contribution in [0.3, 0.4) is 0 Å². The first kappa shape index (κ1) is 50.9. The highest BCUT2D eigenvalue weighted by atomic mass is 16.7. The van der Waals surface area contributed by atoms with E-state index < -0.39 is 55.4 Å². The van der Waals surface area contributed by atoms with E-state index in [9.17, 15) is 30.0 Å². The molecule has 6 atom stereocenters. The molecule has 2 unspecified atom stereocenters. The predicted octanol–water partition coefficient (Wildman–Crippen LogP) is 9.11. The molecule has 320 valence electrons. The number of carbonyl (C=O) groups excluding carboxylic acids is 2. The molecule has 1 rings (SSSR count). The Labute approximate surface area is 334 Å². The van der Waals surface area contributed by atoms with E-state index in [0.717, 1.165) is 32.1 Å². The van der Waals surface area contributed by atoms with Gasteiger partial charge in [-0.05, 0) is 44.9 Å². The number of unbranched alkanes of at least 4 members (excludes halogenated alkanes) is 22. The van der Waals surface area contributed by atoms with Crippen LogP contribution < -0.4 is 0 Å². The van der Waals surface area contributed by atoms with Gasteiger partial charge in [-0.3, -0.25) is 4.79 Å². The molecule has 1 aliphatic heterocycles. The van der Waals surface area contributed by atoms with Crippen molar-refractivity contribution in [1.82, 2.24) is 0 Å². The minimum atomic E-state index is -1.61. The van der Waals surface area contributed by atoms with Gasteiger partial charge in [-0.1, -0.05) is 160 Å². The zero-order valence-corrected chi connectivity index (χ0v) is 34.7. The molecule has 0 amide bonds. The minimum Gasteiger partial charge on any atom is -0.458 e. The van der Waals surface area contributed by atoms with E-state index >= 15 is 0 Å². The van der Waals surface area contributed by atoms with Crippen molar-refractivity contribution in [2.45, 2.75) is 218 Å². The predicted molar refractivity (Wildman–Crippen MR) is 219 cm³/mol. The van der Waals surface area contributed by atoms with Gasteiger partial charge < -0.3 is 39.4 Å². The Morgan fingerprint density at radius 3 is 1.62 bits per heavy atom. The van der Waals surface area contributed by atoms with Crippen molar-refractivity contribution < 1.29 is 49.0 Å². The molecule has 10 nitrogen and oxygen atoms in total. The van der Waals surface area contributed by atoms with E-state index in [-0.39, 0.29) is 19.6 Å². The van der Waals surface area contributed by atoms with Crippen LogP contribution in [-0.2, 0) is 28.5 Å². The maximum Gasteiger partial charge on any atom is 0.330 e. The standard InChI is InChI=1S/C45H80O10/c1-3-5-7-9-11-13-15-17-19-21-23-25-27-29-31-33-40(47)52-36-38(37-53-45-44(51)43(50)42(49)39(35-46)55-45)54-41(48)34-32-30-28-26-24-22-20-18-16-14-12-10-8-6-4-2/h24,26-27,29,31,33,38-39,42-46,49-51H,3-23,25,28,30,32,34-37H2,1-2H3/b26-24+,29-27+,33-31+/t38-,39-,42+,43?,44?,45-/m0/s1. The summed E-state index contributed by atoms with van der Waals surface area (Å²) in [6, 6.07) is 0. The Bertz CT molecular complexity index is 996. The molecule has 0 saturated carbocycles. The smallest absolute Gasteiger partial charge is 0.330 e. The van der Waals surface area contributed by atoms with Crippen molar-refractivity contribution in [2.24, 2.45) is 0 Å². The monoisotopic (exact) mass is 781 g/mol. The first-order valence-corrected chi connectivity index (χ1v) is 22.1. The van der Waals surface area contributed by atoms with Gasteiger partial charge in [0.05, 0.1) is 13.2 Å². The van der Waals surface area contributed by atoms with Gasteiger partial charge in [0, 0.05) is 12.5 Å². The number of ether oxygens (including phenoxy) is 4. The summed E-state index contributed by atoms with van der Waals surface area (Å²) < 4.78 is 21.9. The second kappa shape index (κ2) is 36.3. The second-order valence-electron chi connectivity index (χ2n) is 15.2. The van der Waals surface area contributed by atoms with Gasteiger partial charge in [-0.25, -0.2) is 4.79 Å². The molecule has 1 fully saturated rings. The van der Waals surface area contributed by atoms with Crippen LogP contribution in [0.4, 0.5) is 0 Å². The Hall–Kier alpha value is -2.08. The van der Waals surface area contributed by atoms with Crippen molar-refractivity contribution >= 4 is 11.9 Å². The summed E-state index contributed by atoms with van der Waals surface area (Å²) in [5.41, 5.74) is 0. The normalized spacial score (nSPS) is 20.9. The summed E-state index contributed by atoms with van der Waals surface area (Å²) in [7, 11) is 0. The fourth-order valence-corrected chi connectivity index (χ4v) is 6.57. The molecule has 1 aliphatic rings. The highest BCUT2D eigenvalue weighted by Crippen LogP contribution is 2.22. The third kappa shape index (κ3) is 28.0. The molecule has 55 heavy (non-hydrogen) atoms. The summed E-state index contributed by atoms with van der Waals surface area (Å²) in [4.78, 5) is 25.2. The number of esters is 2. The van der Waals surface area contributed by atoms with E-state index in [4.69, 9.17) is 18.9 Å². The molecule has 0 bridgehead atoms. The summed E-state index contributed by atoms with van der Waals surface area (Å²) in [5.74, 6) is -1.08. The van der Waals surface area contributed by atoms with Crippen LogP contribution in [0.15, 0.2) is 36.5 Å². The molecule has 1 heterocycles. The van der Waals surface area contributed by atoms with Crippen molar-refractivity contribution in [3.8, 4) is 0 Å². The number of aliphatic hydroxyl groups is 4. The molecule has 1 saturated heterocycles. The molecule has 0 aliphatic carbocycles. The fourth-order valence-electron chi connectivity index (χ4n) is 6.57. The lowest BCUT2D eigenvalue weighted by Gasteiger charge is -2.39. The SMILES string of the molecule is CCCCCCCCCCC/C=C/CCCCC(=O)O[C@@H](COC(=O)/C=C/C=C/CCCCCCCCCCCCC)CO[C@H]1O[C@@H](CO)[C@@H](O)C(O)C1O. The van der Waals surface area contributed by atoms with Crippen LogP contribution in [0.5, 0.6) is 0 Å². The van der Waals surface area contributed by atoms with Crippen LogP contribution in [-0.4, -0.2) is 89.0 Å². The molecule has 0 aromatic rings. The fraction of sp³-hybridized carbons (Fsp3) is 0.822. The first-order chi connectivity index (χ1) is 26.8. The topological polar surface area (TPSA) is 152 Å². The van der Waals surface area contributed by atoms with Crippen molar-refractivity contribution in [3.05, 3.63) is 36.5 Å².